The lowest BCUT2D eigenvalue weighted by Crippen LogP contribution is -2.22. The fourth-order valence-corrected chi connectivity index (χ4v) is 2.32. The Labute approximate surface area is 142 Å². The van der Waals surface area contributed by atoms with Gasteiger partial charge in [-0.15, -0.1) is 0 Å². The zero-order chi connectivity index (χ0) is 17.5. The number of nitrogens with zero attached hydrogens (tertiary/aromatic N) is 1. The minimum atomic E-state index is 0.329. The first-order chi connectivity index (χ1) is 11.6. The molecule has 0 aliphatic carbocycles. The number of hydrogen-bond donors (Lipinski definition) is 2. The number of aliphatic imine (C=N–C) groups is 1. The topological polar surface area (TPSA) is 78.1 Å². The van der Waals surface area contributed by atoms with Crippen LogP contribution in [-0.4, -0.2) is 27.3 Å². The molecule has 6 heteroatoms. The highest BCUT2D eigenvalue weighted by atomic mass is 16.5. The van der Waals surface area contributed by atoms with Crippen molar-refractivity contribution in [1.82, 2.24) is 0 Å². The van der Waals surface area contributed by atoms with Gasteiger partial charge >= 0.3 is 0 Å². The van der Waals surface area contributed by atoms with E-state index >= 15 is 0 Å². The van der Waals surface area contributed by atoms with E-state index in [1.807, 2.05) is 31.2 Å². The maximum absolute atomic E-state index is 5.95. The second-order valence-electron chi connectivity index (χ2n) is 5.20. The minimum absolute atomic E-state index is 0.329. The summed E-state index contributed by atoms with van der Waals surface area (Å²) in [5.74, 6) is 2.48. The third kappa shape index (κ3) is 4.32. The third-order valence-corrected chi connectivity index (χ3v) is 3.55. The number of hydrogen-bond acceptors (Lipinski definition) is 4. The molecule has 0 spiro atoms. The summed E-state index contributed by atoms with van der Waals surface area (Å²) < 4.78 is 15.7. The molecule has 0 aliphatic heterocycles. The molecule has 0 saturated carbocycles. The highest BCUT2D eigenvalue weighted by molar-refractivity contribution is 5.92. The van der Waals surface area contributed by atoms with Gasteiger partial charge in [0.2, 0.25) is 0 Å². The van der Waals surface area contributed by atoms with Crippen LogP contribution in [0.2, 0.25) is 0 Å². The Bertz CT molecular complexity index is 729. The Morgan fingerprint density at radius 1 is 0.958 bits per heavy atom. The summed E-state index contributed by atoms with van der Waals surface area (Å²) in [4.78, 5) is 4.35. The van der Waals surface area contributed by atoms with Gasteiger partial charge in [0.1, 0.15) is 5.75 Å². The van der Waals surface area contributed by atoms with Gasteiger partial charge in [-0.25, -0.2) is 4.99 Å². The van der Waals surface area contributed by atoms with Gasteiger partial charge in [-0.3, -0.25) is 0 Å². The second-order valence-corrected chi connectivity index (χ2v) is 5.20. The number of guanidine groups is 1. The van der Waals surface area contributed by atoms with E-state index in [2.05, 4.69) is 10.3 Å². The van der Waals surface area contributed by atoms with E-state index in [0.29, 0.717) is 24.0 Å². The Balaban J connectivity index is 2.05. The van der Waals surface area contributed by atoms with Crippen molar-refractivity contribution in [3.63, 3.8) is 0 Å². The van der Waals surface area contributed by atoms with Gasteiger partial charge in [-0.05, 0) is 36.2 Å². The lowest BCUT2D eigenvalue weighted by Gasteiger charge is -2.11. The molecular weight excluding hydrogens is 306 g/mol. The molecule has 24 heavy (non-hydrogen) atoms. The molecule has 128 valence electrons. The van der Waals surface area contributed by atoms with Crippen LogP contribution in [0.15, 0.2) is 41.4 Å². The van der Waals surface area contributed by atoms with Crippen molar-refractivity contribution in [2.24, 2.45) is 10.7 Å². The first kappa shape index (κ1) is 17.5. The van der Waals surface area contributed by atoms with Crippen molar-refractivity contribution >= 4 is 11.6 Å². The van der Waals surface area contributed by atoms with E-state index in [9.17, 15) is 0 Å². The van der Waals surface area contributed by atoms with Crippen LogP contribution in [0.25, 0.3) is 0 Å². The zero-order valence-corrected chi connectivity index (χ0v) is 14.4. The van der Waals surface area contributed by atoms with Gasteiger partial charge in [0.15, 0.2) is 17.5 Å². The summed E-state index contributed by atoms with van der Waals surface area (Å²) in [6.07, 6.45) is 0. The van der Waals surface area contributed by atoms with Crippen LogP contribution in [0.4, 0.5) is 5.69 Å². The summed E-state index contributed by atoms with van der Waals surface area (Å²) in [5.41, 5.74) is 8.86. The number of anilines is 1. The first-order valence-corrected chi connectivity index (χ1v) is 7.50. The van der Waals surface area contributed by atoms with Crippen LogP contribution in [0.1, 0.15) is 11.1 Å². The molecule has 0 heterocycles. The van der Waals surface area contributed by atoms with Gasteiger partial charge < -0.3 is 25.3 Å². The largest absolute Gasteiger partial charge is 0.496 e. The SMILES string of the molecule is COc1ccc(CN=C(N)Nc2ccc(OC)c(OC)c2)cc1C. The molecule has 0 amide bonds. The van der Waals surface area contributed by atoms with E-state index in [-0.39, 0.29) is 0 Å². The molecule has 0 unspecified atom stereocenters. The molecule has 2 aromatic rings. The highest BCUT2D eigenvalue weighted by Gasteiger charge is 2.05. The van der Waals surface area contributed by atoms with Crippen LogP contribution in [0.5, 0.6) is 17.2 Å². The summed E-state index contributed by atoms with van der Waals surface area (Å²) in [6.45, 7) is 2.48. The van der Waals surface area contributed by atoms with Gasteiger partial charge in [0.05, 0.1) is 27.9 Å². The Kier molecular flexibility index (Phi) is 5.89. The van der Waals surface area contributed by atoms with Gasteiger partial charge in [0.25, 0.3) is 0 Å². The summed E-state index contributed by atoms with van der Waals surface area (Å²) in [5, 5.41) is 3.04. The van der Waals surface area contributed by atoms with Crippen molar-refractivity contribution in [1.29, 1.82) is 0 Å². The number of nitrogens with one attached hydrogen (secondary N) is 1. The summed E-state index contributed by atoms with van der Waals surface area (Å²) in [6, 6.07) is 11.4. The Morgan fingerprint density at radius 3 is 2.25 bits per heavy atom. The van der Waals surface area contributed by atoms with Crippen molar-refractivity contribution < 1.29 is 14.2 Å². The molecule has 3 N–H and O–H groups in total. The van der Waals surface area contributed by atoms with E-state index in [4.69, 9.17) is 19.9 Å². The number of ether oxygens (including phenoxy) is 3. The lowest BCUT2D eigenvalue weighted by molar-refractivity contribution is 0.355. The second kappa shape index (κ2) is 8.10. The number of aryl methyl sites for hydroxylation is 1. The first-order valence-electron chi connectivity index (χ1n) is 7.50. The lowest BCUT2D eigenvalue weighted by atomic mass is 10.1. The molecule has 0 bridgehead atoms. The van der Waals surface area contributed by atoms with Crippen LogP contribution < -0.4 is 25.3 Å². The molecule has 6 nitrogen and oxygen atoms in total. The maximum Gasteiger partial charge on any atom is 0.193 e. The quantitative estimate of drug-likeness (QED) is 0.629. The van der Waals surface area contributed by atoms with Gasteiger partial charge in [-0.2, -0.15) is 0 Å². The Morgan fingerprint density at radius 2 is 1.62 bits per heavy atom. The van der Waals surface area contributed by atoms with Crippen molar-refractivity contribution in [3.05, 3.63) is 47.5 Å². The number of benzene rings is 2. The number of methoxy groups -OCH3 is 3. The molecule has 0 aliphatic rings. The van der Waals surface area contributed by atoms with Gasteiger partial charge in [0, 0.05) is 11.8 Å². The molecular formula is C18H23N3O3. The standard InChI is InChI=1S/C18H23N3O3/c1-12-9-13(5-7-15(12)22-2)11-20-18(19)21-14-6-8-16(23-3)17(10-14)24-4/h5-10H,11H2,1-4H3,(H3,19,20,21). The smallest absolute Gasteiger partial charge is 0.193 e. The molecule has 2 rings (SSSR count). The zero-order valence-electron chi connectivity index (χ0n) is 14.4. The van der Waals surface area contributed by atoms with Gasteiger partial charge in [-0.1, -0.05) is 12.1 Å². The van der Waals surface area contributed by atoms with Crippen molar-refractivity contribution in [2.75, 3.05) is 26.6 Å². The minimum Gasteiger partial charge on any atom is -0.496 e. The predicted octanol–water partition coefficient (Wildman–Crippen LogP) is 2.95. The molecule has 0 radical (unpaired) electrons. The van der Waals surface area contributed by atoms with Crippen molar-refractivity contribution in [3.8, 4) is 17.2 Å². The predicted molar refractivity (Wildman–Crippen MR) is 96.2 cm³/mol. The summed E-state index contributed by atoms with van der Waals surface area (Å²) >= 11 is 0. The van der Waals surface area contributed by atoms with Crippen LogP contribution in [-0.2, 0) is 6.54 Å². The molecule has 0 atom stereocenters. The fraction of sp³-hybridized carbons (Fsp3) is 0.278. The average Bonchev–Trinajstić information content (AvgIpc) is 2.60. The third-order valence-electron chi connectivity index (χ3n) is 3.55. The van der Waals surface area contributed by atoms with Crippen LogP contribution >= 0.6 is 0 Å². The Hall–Kier alpha value is -2.89. The van der Waals surface area contributed by atoms with Crippen LogP contribution in [0, 0.1) is 6.92 Å². The fourth-order valence-electron chi connectivity index (χ4n) is 2.32. The monoisotopic (exact) mass is 329 g/mol. The molecule has 0 fully saturated rings. The van der Waals surface area contributed by atoms with E-state index in [1.165, 1.54) is 0 Å². The number of nitrogens with two attached hydrogens (primary N) is 1. The molecule has 0 saturated heterocycles. The number of rotatable bonds is 6. The summed E-state index contributed by atoms with van der Waals surface area (Å²) in [7, 11) is 4.84. The maximum atomic E-state index is 5.95. The van der Waals surface area contributed by atoms with E-state index < -0.39 is 0 Å². The molecule has 0 aromatic heterocycles. The van der Waals surface area contributed by atoms with Crippen molar-refractivity contribution in [2.45, 2.75) is 13.5 Å². The normalized spacial score (nSPS) is 11.1. The van der Waals surface area contributed by atoms with E-state index in [0.717, 1.165) is 22.6 Å². The highest BCUT2D eigenvalue weighted by Crippen LogP contribution is 2.29. The van der Waals surface area contributed by atoms with E-state index in [1.54, 1.807) is 33.5 Å². The molecule has 2 aromatic carbocycles. The van der Waals surface area contributed by atoms with Crippen LogP contribution in [0.3, 0.4) is 0 Å². The average molecular weight is 329 g/mol.